The molecule has 0 amide bonds. The number of ether oxygens (including phenoxy) is 1. The molecule has 0 spiro atoms. The Bertz CT molecular complexity index is 920. The average Bonchev–Trinajstić information content (AvgIpc) is 2.71. The molecule has 0 aromatic heterocycles. The van der Waals surface area contributed by atoms with Crippen molar-refractivity contribution in [3.8, 4) is 0 Å². The molecule has 0 saturated carbocycles. The van der Waals surface area contributed by atoms with E-state index >= 15 is 0 Å². The highest BCUT2D eigenvalue weighted by Crippen LogP contribution is 2.63. The molecular formula is C20H19F15O. The van der Waals surface area contributed by atoms with Crippen LogP contribution in [0.4, 0.5) is 65.9 Å². The first-order valence-electron chi connectivity index (χ1n) is 9.67. The lowest BCUT2D eigenvalue weighted by atomic mass is 9.82. The van der Waals surface area contributed by atoms with E-state index in [0.29, 0.717) is 19.6 Å². The third kappa shape index (κ3) is 4.73. The maximum absolute atomic E-state index is 14.5. The van der Waals surface area contributed by atoms with Crippen molar-refractivity contribution in [1.82, 2.24) is 0 Å². The first-order valence-corrected chi connectivity index (χ1v) is 9.67. The van der Waals surface area contributed by atoms with E-state index in [1.807, 2.05) is 0 Å². The van der Waals surface area contributed by atoms with E-state index in [9.17, 15) is 65.9 Å². The number of halogens is 15. The summed E-state index contributed by atoms with van der Waals surface area (Å²) in [5.74, 6) is -47.0. The number of benzene rings is 1. The Kier molecular flexibility index (Phi) is 8.18. The van der Waals surface area contributed by atoms with Crippen LogP contribution in [-0.2, 0) is 10.3 Å². The predicted molar refractivity (Wildman–Crippen MR) is 95.2 cm³/mol. The fraction of sp³-hybridized carbons (Fsp3) is 0.700. The van der Waals surface area contributed by atoms with Gasteiger partial charge in [0, 0.05) is 7.11 Å². The van der Waals surface area contributed by atoms with E-state index in [1.54, 1.807) is 13.8 Å². The van der Waals surface area contributed by atoms with Crippen molar-refractivity contribution < 1.29 is 70.6 Å². The topological polar surface area (TPSA) is 9.23 Å². The van der Waals surface area contributed by atoms with Gasteiger partial charge in [-0.2, -0.15) is 65.9 Å². The third-order valence-corrected chi connectivity index (χ3v) is 5.57. The van der Waals surface area contributed by atoms with E-state index in [-0.39, 0.29) is 11.5 Å². The summed E-state index contributed by atoms with van der Waals surface area (Å²) in [5.41, 5.74) is -2.67. The molecule has 0 aliphatic carbocycles. The summed E-state index contributed by atoms with van der Waals surface area (Å²) < 4.78 is 206. The molecule has 1 aromatic carbocycles. The van der Waals surface area contributed by atoms with Gasteiger partial charge in [0.1, 0.15) is 0 Å². The van der Waals surface area contributed by atoms with Crippen LogP contribution in [0.5, 0.6) is 0 Å². The van der Waals surface area contributed by atoms with Gasteiger partial charge in [-0.15, -0.1) is 0 Å². The van der Waals surface area contributed by atoms with Crippen LogP contribution in [0.1, 0.15) is 44.2 Å². The molecule has 1 rings (SSSR count). The normalized spacial score (nSPS) is 16.9. The fourth-order valence-corrected chi connectivity index (χ4v) is 3.05. The molecule has 1 unspecified atom stereocenters. The molecule has 0 bridgehead atoms. The summed E-state index contributed by atoms with van der Waals surface area (Å²) in [7, 11) is 0.626. The summed E-state index contributed by atoms with van der Waals surface area (Å²) in [6.45, 7) is 3.83. The summed E-state index contributed by atoms with van der Waals surface area (Å²) >= 11 is 0. The SMILES string of the molecule is COC(C)(CC(F)(F)C(F)(F)C(F)(F)C(F)(F)C(F)(F)C(F)(F)C(F)(F)F)c1cccc(C(C)C)c1. The Morgan fingerprint density at radius 3 is 1.47 bits per heavy atom. The number of hydrogen-bond donors (Lipinski definition) is 0. The second-order valence-electron chi connectivity index (χ2n) is 8.47. The number of alkyl halides is 15. The molecule has 0 saturated heterocycles. The molecule has 36 heavy (non-hydrogen) atoms. The van der Waals surface area contributed by atoms with Gasteiger partial charge in [-0.1, -0.05) is 38.1 Å². The number of hydrogen-bond acceptors (Lipinski definition) is 1. The van der Waals surface area contributed by atoms with Crippen LogP contribution < -0.4 is 0 Å². The third-order valence-electron chi connectivity index (χ3n) is 5.57. The Labute approximate surface area is 194 Å². The Morgan fingerprint density at radius 1 is 0.667 bits per heavy atom. The highest BCUT2D eigenvalue weighted by molar-refractivity contribution is 5.30. The van der Waals surface area contributed by atoms with E-state index in [1.165, 1.54) is 12.1 Å². The molecule has 0 heterocycles. The molecule has 16 heteroatoms. The monoisotopic (exact) mass is 560 g/mol. The maximum Gasteiger partial charge on any atom is 0.460 e. The van der Waals surface area contributed by atoms with Crippen LogP contribution in [0.25, 0.3) is 0 Å². The second kappa shape index (κ2) is 9.15. The first kappa shape index (κ1) is 32.2. The lowest BCUT2D eigenvalue weighted by Crippen LogP contribution is -2.72. The lowest BCUT2D eigenvalue weighted by Gasteiger charge is -2.43. The molecule has 0 radical (unpaired) electrons. The number of rotatable bonds is 10. The summed E-state index contributed by atoms with van der Waals surface area (Å²) in [5, 5.41) is 0. The van der Waals surface area contributed by atoms with E-state index in [2.05, 4.69) is 0 Å². The fourth-order valence-electron chi connectivity index (χ4n) is 3.05. The van der Waals surface area contributed by atoms with Crippen LogP contribution in [-0.4, -0.2) is 48.8 Å². The van der Waals surface area contributed by atoms with Gasteiger partial charge in [0.05, 0.1) is 12.0 Å². The van der Waals surface area contributed by atoms with Crippen LogP contribution >= 0.6 is 0 Å². The van der Waals surface area contributed by atoms with E-state index in [4.69, 9.17) is 4.74 Å². The molecule has 1 aromatic rings. The van der Waals surface area contributed by atoms with Crippen LogP contribution in [0.15, 0.2) is 24.3 Å². The Hall–Kier alpha value is -1.87. The van der Waals surface area contributed by atoms with Crippen molar-refractivity contribution >= 4 is 0 Å². The molecule has 0 N–H and O–H groups in total. The van der Waals surface area contributed by atoms with E-state index < -0.39 is 53.7 Å². The van der Waals surface area contributed by atoms with Crippen molar-refractivity contribution in [2.45, 2.75) is 80.4 Å². The second-order valence-corrected chi connectivity index (χ2v) is 8.47. The summed E-state index contributed by atoms with van der Waals surface area (Å²) in [4.78, 5) is 0. The van der Waals surface area contributed by atoms with Gasteiger partial charge >= 0.3 is 41.7 Å². The van der Waals surface area contributed by atoms with Gasteiger partial charge in [0.15, 0.2) is 0 Å². The van der Waals surface area contributed by atoms with Crippen LogP contribution in [0.2, 0.25) is 0 Å². The molecule has 210 valence electrons. The smallest absolute Gasteiger partial charge is 0.374 e. The predicted octanol–water partition coefficient (Wildman–Crippen LogP) is 8.44. The van der Waals surface area contributed by atoms with E-state index in [0.717, 1.165) is 12.1 Å². The Balaban J connectivity index is 3.61. The van der Waals surface area contributed by atoms with Crippen molar-refractivity contribution in [2.75, 3.05) is 7.11 Å². The van der Waals surface area contributed by atoms with Crippen molar-refractivity contribution in [1.29, 1.82) is 0 Å². The van der Waals surface area contributed by atoms with Gasteiger partial charge in [0.2, 0.25) is 0 Å². The van der Waals surface area contributed by atoms with Gasteiger partial charge in [-0.3, -0.25) is 0 Å². The van der Waals surface area contributed by atoms with Crippen LogP contribution in [0.3, 0.4) is 0 Å². The van der Waals surface area contributed by atoms with Crippen molar-refractivity contribution in [3.05, 3.63) is 35.4 Å². The molecule has 1 nitrogen and oxygen atoms in total. The number of methoxy groups -OCH3 is 1. The zero-order valence-corrected chi connectivity index (χ0v) is 18.7. The minimum atomic E-state index is -8.31. The summed E-state index contributed by atoms with van der Waals surface area (Å²) in [6.07, 6.45) is -10.2. The zero-order chi connectivity index (χ0) is 29.0. The van der Waals surface area contributed by atoms with Crippen molar-refractivity contribution in [3.63, 3.8) is 0 Å². The minimum absolute atomic E-state index is 0.298. The zero-order valence-electron chi connectivity index (χ0n) is 18.7. The summed E-state index contributed by atoms with van der Waals surface area (Å²) in [6, 6.07) is 4.75. The van der Waals surface area contributed by atoms with Crippen LogP contribution in [0, 0.1) is 0 Å². The van der Waals surface area contributed by atoms with Gasteiger partial charge in [0.25, 0.3) is 0 Å². The van der Waals surface area contributed by atoms with Gasteiger partial charge in [-0.25, -0.2) is 0 Å². The standard InChI is InChI=1S/C20H19F15O/c1-10(2)11-6-5-7-12(8-11)13(3,36-4)9-14(21,22)15(23,24)16(25,26)17(27,28)18(29,30)19(31,32)20(33,34)35/h5-8,10H,9H2,1-4H3. The lowest BCUT2D eigenvalue weighted by molar-refractivity contribution is -0.453. The molecular weight excluding hydrogens is 541 g/mol. The average molecular weight is 560 g/mol. The highest BCUT2D eigenvalue weighted by Gasteiger charge is 2.93. The highest BCUT2D eigenvalue weighted by atomic mass is 19.4. The molecule has 1 atom stereocenters. The largest absolute Gasteiger partial charge is 0.460 e. The Morgan fingerprint density at radius 2 is 1.08 bits per heavy atom. The molecule has 0 aliphatic rings. The first-order chi connectivity index (χ1) is 15.7. The van der Waals surface area contributed by atoms with Crippen molar-refractivity contribution in [2.24, 2.45) is 0 Å². The molecule has 0 fully saturated rings. The van der Waals surface area contributed by atoms with Gasteiger partial charge in [-0.05, 0) is 24.0 Å². The maximum atomic E-state index is 14.5. The van der Waals surface area contributed by atoms with Gasteiger partial charge < -0.3 is 4.74 Å². The molecule has 0 aliphatic heterocycles. The minimum Gasteiger partial charge on any atom is -0.374 e. The quantitative estimate of drug-likeness (QED) is 0.261.